The minimum absolute atomic E-state index is 0.337. The minimum atomic E-state index is -0.337. The van der Waals surface area contributed by atoms with Crippen LogP contribution in [0.15, 0.2) is 16.9 Å². The van der Waals surface area contributed by atoms with Crippen molar-refractivity contribution in [2.75, 3.05) is 0 Å². The van der Waals surface area contributed by atoms with Crippen LogP contribution in [0.1, 0.15) is 13.3 Å². The summed E-state index contributed by atoms with van der Waals surface area (Å²) in [5.41, 5.74) is 9.45. The normalized spacial score (nSPS) is 16.1. The topological polar surface area (TPSA) is 43.1 Å². The van der Waals surface area contributed by atoms with Gasteiger partial charge in [-0.1, -0.05) is 0 Å². The van der Waals surface area contributed by atoms with Crippen molar-refractivity contribution in [1.29, 1.82) is 0 Å². The monoisotopic (exact) mass is 109 g/mol. The quantitative estimate of drug-likeness (QED) is 0.485. The van der Waals surface area contributed by atoms with Crippen molar-refractivity contribution in [2.45, 2.75) is 13.3 Å². The summed E-state index contributed by atoms with van der Waals surface area (Å²) >= 11 is 0. The molecule has 2 nitrogen and oxygen atoms in total. The Labute approximate surface area is 47.7 Å². The zero-order valence-corrected chi connectivity index (χ0v) is 4.69. The molecule has 42 valence electrons. The van der Waals surface area contributed by atoms with Crippen molar-refractivity contribution >= 4 is 5.91 Å². The van der Waals surface area contributed by atoms with E-state index in [0.717, 1.165) is 12.0 Å². The molecule has 1 aliphatic rings. The summed E-state index contributed by atoms with van der Waals surface area (Å²) in [7, 11) is 0. The molecule has 2 N–H and O–H groups in total. The number of hydrogen-bond acceptors (Lipinski definition) is 1. The third kappa shape index (κ3) is 0.658. The Morgan fingerprint density at radius 2 is 2.38 bits per heavy atom. The number of nitrogens with two attached hydrogens (primary N) is 1. The van der Waals surface area contributed by atoms with Gasteiger partial charge in [0.05, 0.1) is 5.57 Å². The molecule has 0 aromatic heterocycles. The molecule has 0 radical (unpaired) electrons. The molecule has 0 aromatic carbocycles. The summed E-state index contributed by atoms with van der Waals surface area (Å²) in [5.74, 6) is -0.337. The molecule has 0 bridgehead atoms. The summed E-state index contributed by atoms with van der Waals surface area (Å²) in [5, 5.41) is 0. The summed E-state index contributed by atoms with van der Waals surface area (Å²) < 4.78 is 0. The van der Waals surface area contributed by atoms with Gasteiger partial charge in [-0.25, -0.2) is 0 Å². The van der Waals surface area contributed by atoms with Gasteiger partial charge in [0.15, 0.2) is 0 Å². The minimum Gasteiger partial charge on any atom is -0.365 e. The Kier molecular flexibility index (Phi) is 0.959. The van der Waals surface area contributed by atoms with Crippen LogP contribution in [0.25, 0.3) is 0 Å². The Hall–Kier alpha value is -1.01. The molecule has 1 amide bonds. The highest BCUT2D eigenvalue weighted by atomic mass is 16.1. The fourth-order valence-corrected chi connectivity index (χ4v) is 0.653. The number of hydrogen-bond donors (Lipinski definition) is 1. The molecule has 0 atom stereocenters. The van der Waals surface area contributed by atoms with Gasteiger partial charge in [0, 0.05) is 6.42 Å². The van der Waals surface area contributed by atoms with E-state index in [1.165, 1.54) is 0 Å². The molecule has 0 aromatic rings. The molecular weight excluding hydrogens is 102 g/mol. The van der Waals surface area contributed by atoms with Gasteiger partial charge >= 0.3 is 0 Å². The first-order valence-corrected chi connectivity index (χ1v) is 2.45. The SMILES string of the molecule is CC1=C=C(C(N)=O)C1. The second-order valence-corrected chi connectivity index (χ2v) is 1.92. The average Bonchev–Trinajstić information content (AvgIpc) is 1.57. The number of carbonyl (C=O) groups is 1. The van der Waals surface area contributed by atoms with Gasteiger partial charge in [-0.05, 0) is 12.5 Å². The summed E-state index contributed by atoms with van der Waals surface area (Å²) in [6.45, 7) is 1.92. The first-order chi connectivity index (χ1) is 3.70. The predicted molar refractivity (Wildman–Crippen MR) is 30.0 cm³/mol. The van der Waals surface area contributed by atoms with E-state index in [0.29, 0.717) is 5.57 Å². The lowest BCUT2D eigenvalue weighted by molar-refractivity contribution is -0.114. The summed E-state index contributed by atoms with van der Waals surface area (Å²) in [6, 6.07) is 0. The van der Waals surface area contributed by atoms with Gasteiger partial charge in [-0.15, -0.1) is 5.73 Å². The molecular formula is C6H7NO. The molecule has 0 fully saturated rings. The van der Waals surface area contributed by atoms with Crippen molar-refractivity contribution in [3.05, 3.63) is 16.9 Å². The van der Waals surface area contributed by atoms with Crippen LogP contribution in [0.2, 0.25) is 0 Å². The number of carbonyl (C=O) groups excluding carboxylic acids is 1. The second-order valence-electron chi connectivity index (χ2n) is 1.92. The van der Waals surface area contributed by atoms with Crippen LogP contribution >= 0.6 is 0 Å². The lowest BCUT2D eigenvalue weighted by atomic mass is 9.99. The highest BCUT2D eigenvalue weighted by Crippen LogP contribution is 2.16. The molecule has 0 saturated carbocycles. The van der Waals surface area contributed by atoms with E-state index in [-0.39, 0.29) is 5.91 Å². The molecule has 0 saturated heterocycles. The fraction of sp³-hybridized carbons (Fsp3) is 0.333. The zero-order chi connectivity index (χ0) is 6.15. The standard InChI is InChI=1S/C6H7NO/c1-4-2-5(3-4)6(7)8/h2H2,1H3,(H2,7,8). The number of amides is 1. The van der Waals surface area contributed by atoms with E-state index >= 15 is 0 Å². The van der Waals surface area contributed by atoms with Crippen molar-refractivity contribution in [3.63, 3.8) is 0 Å². The van der Waals surface area contributed by atoms with Crippen LogP contribution in [0.3, 0.4) is 0 Å². The maximum Gasteiger partial charge on any atom is 0.252 e. The second kappa shape index (κ2) is 1.49. The Bertz CT molecular complexity index is 197. The van der Waals surface area contributed by atoms with E-state index in [1.807, 2.05) is 6.92 Å². The fourth-order valence-electron chi connectivity index (χ4n) is 0.653. The van der Waals surface area contributed by atoms with E-state index in [9.17, 15) is 4.79 Å². The smallest absolute Gasteiger partial charge is 0.252 e. The van der Waals surface area contributed by atoms with E-state index < -0.39 is 0 Å². The van der Waals surface area contributed by atoms with Crippen LogP contribution < -0.4 is 5.73 Å². The molecule has 0 heterocycles. The van der Waals surface area contributed by atoms with Crippen molar-refractivity contribution < 1.29 is 4.79 Å². The van der Waals surface area contributed by atoms with Crippen LogP contribution in [0, 0.1) is 0 Å². The highest BCUT2D eigenvalue weighted by Gasteiger charge is 2.10. The zero-order valence-electron chi connectivity index (χ0n) is 4.69. The first kappa shape index (κ1) is 5.13. The van der Waals surface area contributed by atoms with Gasteiger partial charge < -0.3 is 5.73 Å². The van der Waals surface area contributed by atoms with Crippen molar-refractivity contribution in [1.82, 2.24) is 0 Å². The third-order valence-electron chi connectivity index (χ3n) is 1.10. The Morgan fingerprint density at radius 1 is 1.88 bits per heavy atom. The highest BCUT2D eigenvalue weighted by molar-refractivity contribution is 5.93. The van der Waals surface area contributed by atoms with Crippen molar-refractivity contribution in [3.8, 4) is 0 Å². The van der Waals surface area contributed by atoms with Crippen LogP contribution in [0.4, 0.5) is 0 Å². The van der Waals surface area contributed by atoms with E-state index in [1.54, 1.807) is 0 Å². The largest absolute Gasteiger partial charge is 0.365 e. The summed E-state index contributed by atoms with van der Waals surface area (Å²) in [6.07, 6.45) is 0.731. The number of primary amides is 1. The lowest BCUT2D eigenvalue weighted by Crippen LogP contribution is -2.16. The predicted octanol–water partition coefficient (Wildman–Crippen LogP) is 0.347. The maximum absolute atomic E-state index is 10.2. The van der Waals surface area contributed by atoms with Gasteiger partial charge in [-0.3, -0.25) is 4.79 Å². The molecule has 1 aliphatic carbocycles. The van der Waals surface area contributed by atoms with E-state index in [2.05, 4.69) is 5.73 Å². The van der Waals surface area contributed by atoms with Gasteiger partial charge in [0.2, 0.25) is 0 Å². The average molecular weight is 109 g/mol. The molecule has 2 heteroatoms. The van der Waals surface area contributed by atoms with Crippen LogP contribution in [-0.2, 0) is 4.79 Å². The van der Waals surface area contributed by atoms with Crippen LogP contribution in [-0.4, -0.2) is 5.91 Å². The van der Waals surface area contributed by atoms with Crippen LogP contribution in [0.5, 0.6) is 0 Å². The molecule has 8 heavy (non-hydrogen) atoms. The van der Waals surface area contributed by atoms with E-state index in [4.69, 9.17) is 5.73 Å². The Balaban J connectivity index is 2.82. The molecule has 0 unspecified atom stereocenters. The first-order valence-electron chi connectivity index (χ1n) is 2.45. The molecule has 0 spiro atoms. The van der Waals surface area contributed by atoms with Gasteiger partial charge in [0.25, 0.3) is 5.91 Å². The van der Waals surface area contributed by atoms with Crippen molar-refractivity contribution in [2.24, 2.45) is 5.73 Å². The summed E-state index contributed by atoms with van der Waals surface area (Å²) in [4.78, 5) is 10.2. The lowest BCUT2D eigenvalue weighted by Gasteiger charge is -2.06. The third-order valence-corrected chi connectivity index (χ3v) is 1.10. The molecule has 1 rings (SSSR count). The maximum atomic E-state index is 10.2. The molecule has 0 aliphatic heterocycles. The van der Waals surface area contributed by atoms with Gasteiger partial charge in [-0.2, -0.15) is 0 Å². The Morgan fingerprint density at radius 3 is 2.50 bits per heavy atom. The van der Waals surface area contributed by atoms with Gasteiger partial charge in [0.1, 0.15) is 0 Å². The number of rotatable bonds is 1.